The molecular formula is C21H30N2O. The molecule has 0 heterocycles. The normalized spacial score (nSPS) is 25.1. The molecular weight excluding hydrogens is 296 g/mol. The van der Waals surface area contributed by atoms with Gasteiger partial charge in [-0.15, -0.1) is 0 Å². The monoisotopic (exact) mass is 326 g/mol. The van der Waals surface area contributed by atoms with Crippen molar-refractivity contribution in [1.82, 2.24) is 0 Å². The molecule has 3 nitrogen and oxygen atoms in total. The molecule has 2 atom stereocenters. The Hall–Kier alpha value is -1.61. The van der Waals surface area contributed by atoms with Gasteiger partial charge in [-0.05, 0) is 49.3 Å². The van der Waals surface area contributed by atoms with Crippen molar-refractivity contribution in [2.75, 3.05) is 5.32 Å². The Morgan fingerprint density at radius 2 is 2.00 bits per heavy atom. The summed E-state index contributed by atoms with van der Waals surface area (Å²) in [4.78, 5) is 11.6. The van der Waals surface area contributed by atoms with Gasteiger partial charge in [-0.1, -0.05) is 43.9 Å². The standard InChI is InChI=1S/C21H30N2O/c1-14-10-17(13-24)21(15(14)2)19-9-8-16(12-22)11-20(19)23-18-6-4-3-5-7-18/h8-9,11,13-14,17-18,23H,3-7,10,12,22H2,1-2H3. The summed E-state index contributed by atoms with van der Waals surface area (Å²) >= 11 is 0. The first-order valence-electron chi connectivity index (χ1n) is 9.40. The maximum Gasteiger partial charge on any atom is 0.127 e. The van der Waals surface area contributed by atoms with Crippen molar-refractivity contribution in [2.24, 2.45) is 17.6 Å². The van der Waals surface area contributed by atoms with E-state index in [2.05, 4.69) is 37.4 Å². The van der Waals surface area contributed by atoms with E-state index < -0.39 is 0 Å². The lowest BCUT2D eigenvalue weighted by molar-refractivity contribution is -0.109. The second-order valence-corrected chi connectivity index (χ2v) is 7.54. The van der Waals surface area contributed by atoms with Gasteiger partial charge >= 0.3 is 0 Å². The molecule has 3 rings (SSSR count). The molecule has 0 bridgehead atoms. The summed E-state index contributed by atoms with van der Waals surface area (Å²) in [5.74, 6) is 0.502. The molecule has 2 aliphatic rings. The van der Waals surface area contributed by atoms with Crippen molar-refractivity contribution in [3.63, 3.8) is 0 Å². The van der Waals surface area contributed by atoms with Gasteiger partial charge in [0.2, 0.25) is 0 Å². The SMILES string of the molecule is CC1=C(c2ccc(CN)cc2NC2CCCCC2)C(C=O)CC1C. The largest absolute Gasteiger partial charge is 0.382 e. The van der Waals surface area contributed by atoms with Crippen LogP contribution in [0.15, 0.2) is 23.8 Å². The molecule has 1 aromatic carbocycles. The molecule has 0 amide bonds. The highest BCUT2D eigenvalue weighted by Crippen LogP contribution is 2.44. The van der Waals surface area contributed by atoms with Crippen molar-refractivity contribution in [3.8, 4) is 0 Å². The molecule has 3 N–H and O–H groups in total. The predicted molar refractivity (Wildman–Crippen MR) is 101 cm³/mol. The topological polar surface area (TPSA) is 55.1 Å². The van der Waals surface area contributed by atoms with Crippen molar-refractivity contribution in [2.45, 2.75) is 65.0 Å². The first-order chi connectivity index (χ1) is 11.6. The third-order valence-corrected chi connectivity index (χ3v) is 5.88. The fourth-order valence-corrected chi connectivity index (χ4v) is 4.31. The molecule has 2 unspecified atom stereocenters. The number of aldehydes is 1. The number of anilines is 1. The lowest BCUT2D eigenvalue weighted by atomic mass is 9.90. The van der Waals surface area contributed by atoms with Crippen LogP contribution in [0.1, 0.15) is 63.5 Å². The van der Waals surface area contributed by atoms with E-state index in [9.17, 15) is 4.79 Å². The van der Waals surface area contributed by atoms with Gasteiger partial charge in [0.1, 0.15) is 6.29 Å². The molecule has 0 aliphatic heterocycles. The van der Waals surface area contributed by atoms with Crippen LogP contribution >= 0.6 is 0 Å². The van der Waals surface area contributed by atoms with Crippen LogP contribution in [0.4, 0.5) is 5.69 Å². The minimum atomic E-state index is 0.0237. The highest BCUT2D eigenvalue weighted by atomic mass is 16.1. The van der Waals surface area contributed by atoms with Gasteiger partial charge in [-0.3, -0.25) is 0 Å². The summed E-state index contributed by atoms with van der Waals surface area (Å²) in [5.41, 5.74) is 12.0. The molecule has 0 aromatic heterocycles. The molecule has 0 saturated heterocycles. The zero-order valence-electron chi connectivity index (χ0n) is 15.0. The number of rotatable bonds is 5. The van der Waals surface area contributed by atoms with Crippen molar-refractivity contribution in [3.05, 3.63) is 34.9 Å². The number of hydrogen-bond donors (Lipinski definition) is 2. The molecule has 0 spiro atoms. The molecule has 1 saturated carbocycles. The highest BCUT2D eigenvalue weighted by molar-refractivity contribution is 5.89. The average Bonchev–Trinajstić information content (AvgIpc) is 2.90. The molecule has 3 heteroatoms. The van der Waals surface area contributed by atoms with Crippen LogP contribution < -0.4 is 11.1 Å². The van der Waals surface area contributed by atoms with E-state index in [0.717, 1.165) is 18.3 Å². The minimum absolute atomic E-state index is 0.0237. The summed E-state index contributed by atoms with van der Waals surface area (Å²) in [6.45, 7) is 4.96. The fraction of sp³-hybridized carbons (Fsp3) is 0.571. The summed E-state index contributed by atoms with van der Waals surface area (Å²) in [5, 5.41) is 3.78. The summed E-state index contributed by atoms with van der Waals surface area (Å²) in [6.07, 6.45) is 8.49. The predicted octanol–water partition coefficient (Wildman–Crippen LogP) is 4.52. The number of nitrogens with two attached hydrogens (primary N) is 1. The molecule has 1 aromatic rings. The van der Waals surface area contributed by atoms with E-state index >= 15 is 0 Å². The Morgan fingerprint density at radius 3 is 2.67 bits per heavy atom. The van der Waals surface area contributed by atoms with E-state index in [1.54, 1.807) is 0 Å². The van der Waals surface area contributed by atoms with Crippen LogP contribution in [-0.2, 0) is 11.3 Å². The molecule has 130 valence electrons. The lowest BCUT2D eigenvalue weighted by Gasteiger charge is -2.26. The second kappa shape index (κ2) is 7.52. The van der Waals surface area contributed by atoms with Gasteiger partial charge in [-0.2, -0.15) is 0 Å². The highest BCUT2D eigenvalue weighted by Gasteiger charge is 2.30. The van der Waals surface area contributed by atoms with E-state index in [0.29, 0.717) is 18.5 Å². The Labute approximate surface area is 145 Å². The number of hydrogen-bond acceptors (Lipinski definition) is 3. The number of allylic oxidation sites excluding steroid dienone is 2. The Morgan fingerprint density at radius 1 is 1.25 bits per heavy atom. The van der Waals surface area contributed by atoms with Crippen LogP contribution in [0.2, 0.25) is 0 Å². The third-order valence-electron chi connectivity index (χ3n) is 5.88. The van der Waals surface area contributed by atoms with Crippen LogP contribution in [0.25, 0.3) is 5.57 Å². The lowest BCUT2D eigenvalue weighted by Crippen LogP contribution is -2.23. The summed E-state index contributed by atoms with van der Waals surface area (Å²) in [6, 6.07) is 7.00. The second-order valence-electron chi connectivity index (χ2n) is 7.54. The first-order valence-corrected chi connectivity index (χ1v) is 9.40. The smallest absolute Gasteiger partial charge is 0.127 e. The Kier molecular flexibility index (Phi) is 5.40. The molecule has 2 aliphatic carbocycles. The number of carbonyl (C=O) groups excluding carboxylic acids is 1. The fourth-order valence-electron chi connectivity index (χ4n) is 4.31. The molecule has 0 radical (unpaired) electrons. The number of carbonyl (C=O) groups is 1. The van der Waals surface area contributed by atoms with Gasteiger partial charge in [0, 0.05) is 29.8 Å². The maximum atomic E-state index is 11.6. The van der Waals surface area contributed by atoms with Crippen LogP contribution in [0.5, 0.6) is 0 Å². The van der Waals surface area contributed by atoms with Gasteiger partial charge in [-0.25, -0.2) is 0 Å². The number of nitrogens with one attached hydrogen (secondary N) is 1. The van der Waals surface area contributed by atoms with E-state index in [1.807, 2.05) is 0 Å². The Bertz CT molecular complexity index is 629. The molecule has 1 fully saturated rings. The van der Waals surface area contributed by atoms with Gasteiger partial charge in [0.05, 0.1) is 0 Å². The third kappa shape index (κ3) is 3.41. The number of benzene rings is 1. The van der Waals surface area contributed by atoms with E-state index in [4.69, 9.17) is 5.73 Å². The Balaban J connectivity index is 1.98. The average molecular weight is 326 g/mol. The van der Waals surface area contributed by atoms with Crippen molar-refractivity contribution in [1.29, 1.82) is 0 Å². The summed E-state index contributed by atoms with van der Waals surface area (Å²) in [7, 11) is 0. The van der Waals surface area contributed by atoms with Crippen LogP contribution in [0.3, 0.4) is 0 Å². The van der Waals surface area contributed by atoms with Crippen molar-refractivity contribution >= 4 is 17.5 Å². The van der Waals surface area contributed by atoms with Crippen molar-refractivity contribution < 1.29 is 4.79 Å². The van der Waals surface area contributed by atoms with Crippen LogP contribution in [-0.4, -0.2) is 12.3 Å². The van der Waals surface area contributed by atoms with Gasteiger partial charge in [0.15, 0.2) is 0 Å². The first kappa shape index (κ1) is 17.2. The van der Waals surface area contributed by atoms with Crippen LogP contribution in [0, 0.1) is 11.8 Å². The quantitative estimate of drug-likeness (QED) is 0.782. The zero-order chi connectivity index (χ0) is 17.1. The van der Waals surface area contributed by atoms with Gasteiger partial charge < -0.3 is 15.8 Å². The van der Waals surface area contributed by atoms with E-state index in [1.165, 1.54) is 54.5 Å². The zero-order valence-corrected chi connectivity index (χ0v) is 15.0. The molecule has 24 heavy (non-hydrogen) atoms. The van der Waals surface area contributed by atoms with E-state index in [-0.39, 0.29) is 5.92 Å². The minimum Gasteiger partial charge on any atom is -0.382 e. The summed E-state index contributed by atoms with van der Waals surface area (Å²) < 4.78 is 0. The van der Waals surface area contributed by atoms with Gasteiger partial charge in [0.25, 0.3) is 0 Å². The maximum absolute atomic E-state index is 11.6.